The SMILES string of the molecule is c1cnc(N2CCCC(NCC3CCNCC3)C2)nc1. The lowest BCUT2D eigenvalue weighted by molar-refractivity contribution is 0.324. The van der Waals surface area contributed by atoms with Crippen molar-refractivity contribution in [1.82, 2.24) is 20.6 Å². The Balaban J connectivity index is 1.48. The van der Waals surface area contributed by atoms with Gasteiger partial charge in [-0.05, 0) is 57.3 Å². The second kappa shape index (κ2) is 6.99. The highest BCUT2D eigenvalue weighted by molar-refractivity contribution is 5.29. The van der Waals surface area contributed by atoms with Gasteiger partial charge in [-0.1, -0.05) is 0 Å². The average Bonchev–Trinajstić information content (AvgIpc) is 2.55. The van der Waals surface area contributed by atoms with Gasteiger partial charge in [0.2, 0.25) is 5.95 Å². The summed E-state index contributed by atoms with van der Waals surface area (Å²) in [5.41, 5.74) is 0. The van der Waals surface area contributed by atoms with E-state index in [4.69, 9.17) is 0 Å². The lowest BCUT2D eigenvalue weighted by Gasteiger charge is -2.34. The van der Waals surface area contributed by atoms with Crippen LogP contribution in [-0.2, 0) is 0 Å². The molecule has 0 bridgehead atoms. The average molecular weight is 275 g/mol. The van der Waals surface area contributed by atoms with E-state index in [0.29, 0.717) is 6.04 Å². The molecule has 110 valence electrons. The van der Waals surface area contributed by atoms with Gasteiger partial charge in [0.1, 0.15) is 0 Å². The summed E-state index contributed by atoms with van der Waals surface area (Å²) in [5.74, 6) is 1.72. The maximum atomic E-state index is 4.37. The summed E-state index contributed by atoms with van der Waals surface area (Å²) >= 11 is 0. The predicted octanol–water partition coefficient (Wildman–Crippen LogP) is 1.03. The fourth-order valence-corrected chi connectivity index (χ4v) is 3.20. The molecule has 0 saturated carbocycles. The molecule has 1 atom stereocenters. The number of hydrogen-bond acceptors (Lipinski definition) is 5. The number of anilines is 1. The van der Waals surface area contributed by atoms with E-state index in [-0.39, 0.29) is 0 Å². The van der Waals surface area contributed by atoms with Crippen molar-refractivity contribution in [2.75, 3.05) is 37.6 Å². The predicted molar refractivity (Wildman–Crippen MR) is 80.9 cm³/mol. The van der Waals surface area contributed by atoms with Crippen LogP contribution in [0.4, 0.5) is 5.95 Å². The molecule has 2 N–H and O–H groups in total. The minimum atomic E-state index is 0.586. The van der Waals surface area contributed by atoms with Crippen LogP contribution in [0.2, 0.25) is 0 Å². The Morgan fingerprint density at radius 3 is 2.80 bits per heavy atom. The van der Waals surface area contributed by atoms with Crippen LogP contribution in [-0.4, -0.2) is 48.7 Å². The van der Waals surface area contributed by atoms with Gasteiger partial charge in [0.15, 0.2) is 0 Å². The van der Waals surface area contributed by atoms with Crippen molar-refractivity contribution in [2.24, 2.45) is 5.92 Å². The van der Waals surface area contributed by atoms with Crippen LogP contribution in [0.15, 0.2) is 18.5 Å². The molecule has 0 radical (unpaired) electrons. The van der Waals surface area contributed by atoms with Crippen molar-refractivity contribution in [2.45, 2.75) is 31.7 Å². The molecule has 0 aliphatic carbocycles. The third-order valence-corrected chi connectivity index (χ3v) is 4.41. The summed E-state index contributed by atoms with van der Waals surface area (Å²) in [7, 11) is 0. The topological polar surface area (TPSA) is 53.1 Å². The Kier molecular flexibility index (Phi) is 4.82. The second-order valence-corrected chi connectivity index (χ2v) is 5.94. The molecule has 1 aromatic heterocycles. The van der Waals surface area contributed by atoms with Crippen LogP contribution in [0.1, 0.15) is 25.7 Å². The fraction of sp³-hybridized carbons (Fsp3) is 0.733. The monoisotopic (exact) mass is 275 g/mol. The molecule has 2 saturated heterocycles. The Hall–Kier alpha value is -1.20. The smallest absolute Gasteiger partial charge is 0.225 e. The molecule has 20 heavy (non-hydrogen) atoms. The van der Waals surface area contributed by atoms with Crippen molar-refractivity contribution < 1.29 is 0 Å². The minimum Gasteiger partial charge on any atom is -0.339 e. The Morgan fingerprint density at radius 1 is 1.20 bits per heavy atom. The molecule has 5 heteroatoms. The highest BCUT2D eigenvalue weighted by Crippen LogP contribution is 2.16. The van der Waals surface area contributed by atoms with E-state index in [1.165, 1.54) is 38.8 Å². The lowest BCUT2D eigenvalue weighted by Crippen LogP contribution is -2.48. The molecule has 2 fully saturated rings. The zero-order chi connectivity index (χ0) is 13.6. The van der Waals surface area contributed by atoms with Crippen molar-refractivity contribution in [1.29, 1.82) is 0 Å². The van der Waals surface area contributed by atoms with Crippen LogP contribution in [0, 0.1) is 5.92 Å². The highest BCUT2D eigenvalue weighted by Gasteiger charge is 2.22. The summed E-state index contributed by atoms with van der Waals surface area (Å²) in [4.78, 5) is 11.0. The summed E-state index contributed by atoms with van der Waals surface area (Å²) in [5, 5.41) is 7.19. The molecule has 0 amide bonds. The number of rotatable bonds is 4. The van der Waals surface area contributed by atoms with Crippen LogP contribution >= 0.6 is 0 Å². The number of hydrogen-bond donors (Lipinski definition) is 2. The van der Waals surface area contributed by atoms with Gasteiger partial charge in [-0.25, -0.2) is 9.97 Å². The number of piperidine rings is 2. The van der Waals surface area contributed by atoms with E-state index in [1.54, 1.807) is 0 Å². The molecule has 2 aliphatic rings. The zero-order valence-corrected chi connectivity index (χ0v) is 12.1. The first-order valence-electron chi connectivity index (χ1n) is 7.88. The number of nitrogens with one attached hydrogen (secondary N) is 2. The van der Waals surface area contributed by atoms with Gasteiger partial charge in [-0.3, -0.25) is 0 Å². The first-order valence-corrected chi connectivity index (χ1v) is 7.88. The number of aromatic nitrogens is 2. The van der Waals surface area contributed by atoms with Gasteiger partial charge in [-0.15, -0.1) is 0 Å². The quantitative estimate of drug-likeness (QED) is 0.860. The number of nitrogens with zero attached hydrogens (tertiary/aromatic N) is 3. The van der Waals surface area contributed by atoms with Crippen molar-refractivity contribution in [3.05, 3.63) is 18.5 Å². The van der Waals surface area contributed by atoms with Gasteiger partial charge in [0, 0.05) is 31.5 Å². The molecule has 0 spiro atoms. The summed E-state index contributed by atoms with van der Waals surface area (Å²) < 4.78 is 0. The standard InChI is InChI=1S/C15H25N5/c1-3-14(19-11-13-4-8-16-9-5-13)12-20(10-1)15-17-6-2-7-18-15/h2,6-7,13-14,16,19H,1,3-5,8-12H2. The minimum absolute atomic E-state index is 0.586. The molecular weight excluding hydrogens is 250 g/mol. The van der Waals surface area contributed by atoms with Crippen molar-refractivity contribution >= 4 is 5.95 Å². The third-order valence-electron chi connectivity index (χ3n) is 4.41. The molecular formula is C15H25N5. The molecule has 3 heterocycles. The highest BCUT2D eigenvalue weighted by atomic mass is 15.3. The lowest BCUT2D eigenvalue weighted by atomic mass is 9.97. The maximum Gasteiger partial charge on any atom is 0.225 e. The van der Waals surface area contributed by atoms with Crippen molar-refractivity contribution in [3.63, 3.8) is 0 Å². The molecule has 5 nitrogen and oxygen atoms in total. The van der Waals surface area contributed by atoms with E-state index in [0.717, 1.165) is 31.5 Å². The molecule has 1 aromatic rings. The van der Waals surface area contributed by atoms with Crippen LogP contribution in [0.25, 0.3) is 0 Å². The largest absolute Gasteiger partial charge is 0.339 e. The van der Waals surface area contributed by atoms with E-state index in [2.05, 4.69) is 25.5 Å². The maximum absolute atomic E-state index is 4.37. The third kappa shape index (κ3) is 3.67. The van der Waals surface area contributed by atoms with E-state index in [1.807, 2.05) is 18.5 Å². The molecule has 0 aromatic carbocycles. The first-order chi connectivity index (χ1) is 9.92. The first kappa shape index (κ1) is 13.8. The molecule has 2 aliphatic heterocycles. The van der Waals surface area contributed by atoms with Gasteiger partial charge in [0.05, 0.1) is 0 Å². The van der Waals surface area contributed by atoms with Gasteiger partial charge in [0.25, 0.3) is 0 Å². The summed E-state index contributed by atoms with van der Waals surface area (Å²) in [6.07, 6.45) is 8.77. The van der Waals surface area contributed by atoms with Crippen LogP contribution in [0.3, 0.4) is 0 Å². The summed E-state index contributed by atoms with van der Waals surface area (Å²) in [6, 6.07) is 2.46. The Labute approximate surface area is 121 Å². The Bertz CT molecular complexity index is 391. The van der Waals surface area contributed by atoms with Crippen LogP contribution < -0.4 is 15.5 Å². The fourth-order valence-electron chi connectivity index (χ4n) is 3.20. The van der Waals surface area contributed by atoms with E-state index in [9.17, 15) is 0 Å². The molecule has 3 rings (SSSR count). The Morgan fingerprint density at radius 2 is 2.00 bits per heavy atom. The van der Waals surface area contributed by atoms with Crippen molar-refractivity contribution in [3.8, 4) is 0 Å². The normalized spacial score (nSPS) is 24.8. The van der Waals surface area contributed by atoms with Gasteiger partial charge < -0.3 is 15.5 Å². The van der Waals surface area contributed by atoms with Crippen LogP contribution in [0.5, 0.6) is 0 Å². The van der Waals surface area contributed by atoms with Gasteiger partial charge in [-0.2, -0.15) is 0 Å². The molecule has 1 unspecified atom stereocenters. The second-order valence-electron chi connectivity index (χ2n) is 5.94. The zero-order valence-electron chi connectivity index (χ0n) is 12.1. The van der Waals surface area contributed by atoms with Gasteiger partial charge >= 0.3 is 0 Å². The summed E-state index contributed by atoms with van der Waals surface area (Å²) in [6.45, 7) is 5.64. The van der Waals surface area contributed by atoms with E-state index < -0.39 is 0 Å². The van der Waals surface area contributed by atoms with E-state index >= 15 is 0 Å².